The highest BCUT2D eigenvalue weighted by molar-refractivity contribution is 6.42. The third-order valence-corrected chi connectivity index (χ3v) is 2.98. The van der Waals surface area contributed by atoms with Gasteiger partial charge in [-0.2, -0.15) is 0 Å². The minimum Gasteiger partial charge on any atom is -0.390 e. The van der Waals surface area contributed by atoms with Gasteiger partial charge in [0.1, 0.15) is 6.61 Å². The van der Waals surface area contributed by atoms with Crippen molar-refractivity contribution >= 4 is 35.2 Å². The summed E-state index contributed by atoms with van der Waals surface area (Å²) >= 11 is 11.7. The molecule has 0 aliphatic rings. The first kappa shape index (κ1) is 15.9. The molecular formula is C12H11Cl2F2NO2. The topological polar surface area (TPSA) is 49.3 Å². The second-order valence-electron chi connectivity index (χ2n) is 3.71. The zero-order valence-electron chi connectivity index (χ0n) is 9.67. The molecule has 0 saturated carbocycles. The predicted molar refractivity (Wildman–Crippen MR) is 70.5 cm³/mol. The average molecular weight is 310 g/mol. The quantitative estimate of drug-likeness (QED) is 0.822. The maximum atomic E-state index is 12.7. The molecule has 104 valence electrons. The van der Waals surface area contributed by atoms with Crippen LogP contribution in [-0.2, 0) is 4.79 Å². The van der Waals surface area contributed by atoms with Crippen molar-refractivity contribution in [3.05, 3.63) is 39.9 Å². The van der Waals surface area contributed by atoms with Gasteiger partial charge in [0.15, 0.2) is 0 Å². The van der Waals surface area contributed by atoms with Crippen molar-refractivity contribution in [2.75, 3.05) is 13.2 Å². The van der Waals surface area contributed by atoms with E-state index in [0.29, 0.717) is 10.6 Å². The molecule has 1 amide bonds. The lowest BCUT2D eigenvalue weighted by Crippen LogP contribution is -2.38. The van der Waals surface area contributed by atoms with Gasteiger partial charge in [-0.25, -0.2) is 8.78 Å². The van der Waals surface area contributed by atoms with Gasteiger partial charge in [0.05, 0.1) is 16.6 Å². The largest absolute Gasteiger partial charge is 0.390 e. The minimum atomic E-state index is -3.34. The molecule has 0 aliphatic heterocycles. The van der Waals surface area contributed by atoms with Crippen LogP contribution in [0.3, 0.4) is 0 Å². The summed E-state index contributed by atoms with van der Waals surface area (Å²) in [5.74, 6) is -4.05. The molecule has 0 aromatic heterocycles. The second kappa shape index (κ2) is 6.84. The monoisotopic (exact) mass is 309 g/mol. The first-order chi connectivity index (χ1) is 8.85. The molecule has 0 fully saturated rings. The summed E-state index contributed by atoms with van der Waals surface area (Å²) in [5.41, 5.74) is 0.498. The summed E-state index contributed by atoms with van der Waals surface area (Å²) in [6.07, 6.45) is 2.42. The molecule has 7 heteroatoms. The van der Waals surface area contributed by atoms with Crippen LogP contribution >= 0.6 is 23.2 Å². The van der Waals surface area contributed by atoms with Gasteiger partial charge >= 0.3 is 0 Å². The van der Waals surface area contributed by atoms with Crippen LogP contribution in [0.5, 0.6) is 0 Å². The number of carbonyl (C=O) groups is 1. The Bertz CT molecular complexity index is 493. The van der Waals surface area contributed by atoms with Gasteiger partial charge in [-0.05, 0) is 17.7 Å². The van der Waals surface area contributed by atoms with Gasteiger partial charge < -0.3 is 10.4 Å². The molecule has 0 atom stereocenters. The van der Waals surface area contributed by atoms with E-state index in [0.717, 1.165) is 6.08 Å². The molecule has 0 radical (unpaired) electrons. The number of alkyl halides is 2. The highest BCUT2D eigenvalue weighted by Crippen LogP contribution is 2.26. The Labute approximate surface area is 118 Å². The van der Waals surface area contributed by atoms with Crippen LogP contribution in [-0.4, -0.2) is 30.1 Å². The molecule has 0 saturated heterocycles. The van der Waals surface area contributed by atoms with E-state index in [4.69, 9.17) is 28.3 Å². The number of nitrogens with one attached hydrogen (secondary N) is 1. The van der Waals surface area contributed by atoms with Crippen LogP contribution in [0.1, 0.15) is 5.56 Å². The minimum absolute atomic E-state index is 0.272. The number of amides is 1. The molecule has 3 nitrogen and oxygen atoms in total. The van der Waals surface area contributed by atoms with E-state index < -0.39 is 25.0 Å². The molecule has 0 heterocycles. The fourth-order valence-electron chi connectivity index (χ4n) is 1.15. The summed E-state index contributed by atoms with van der Waals surface area (Å²) in [5, 5.41) is 10.9. The molecule has 19 heavy (non-hydrogen) atoms. The SMILES string of the molecule is O=C(/C=C/c1cccc(Cl)c1Cl)NCC(F)(F)CO. The standard InChI is InChI=1S/C12H11Cl2F2NO2/c13-9-3-1-2-8(11(9)14)4-5-10(19)17-6-12(15,16)7-18/h1-5,18H,6-7H2,(H,17,19)/b5-4+. The average Bonchev–Trinajstić information content (AvgIpc) is 2.38. The third kappa shape index (κ3) is 5.14. The zero-order chi connectivity index (χ0) is 14.5. The van der Waals surface area contributed by atoms with Gasteiger partial charge in [-0.3, -0.25) is 4.79 Å². The Morgan fingerprint density at radius 3 is 2.74 bits per heavy atom. The number of halogens is 4. The number of benzene rings is 1. The van der Waals surface area contributed by atoms with Gasteiger partial charge in [-0.1, -0.05) is 35.3 Å². The van der Waals surface area contributed by atoms with Crippen LogP contribution in [0.15, 0.2) is 24.3 Å². The summed E-state index contributed by atoms with van der Waals surface area (Å²) in [6, 6.07) is 4.86. The van der Waals surface area contributed by atoms with Crippen molar-refractivity contribution in [2.45, 2.75) is 5.92 Å². The van der Waals surface area contributed by atoms with E-state index in [1.54, 1.807) is 18.2 Å². The molecule has 0 bridgehead atoms. The van der Waals surface area contributed by atoms with Gasteiger partial charge in [-0.15, -0.1) is 0 Å². The smallest absolute Gasteiger partial charge is 0.287 e. The van der Waals surface area contributed by atoms with Crippen LogP contribution in [0.25, 0.3) is 6.08 Å². The molecule has 1 aromatic rings. The third-order valence-electron chi connectivity index (χ3n) is 2.15. The van der Waals surface area contributed by atoms with Gasteiger partial charge in [0.25, 0.3) is 5.92 Å². The Balaban J connectivity index is 2.62. The van der Waals surface area contributed by atoms with Crippen LogP contribution in [0.2, 0.25) is 10.0 Å². The highest BCUT2D eigenvalue weighted by Gasteiger charge is 2.27. The number of carbonyl (C=O) groups excluding carboxylic acids is 1. The fourth-order valence-corrected chi connectivity index (χ4v) is 1.52. The van der Waals surface area contributed by atoms with E-state index in [1.165, 1.54) is 6.08 Å². The molecule has 0 aliphatic carbocycles. The lowest BCUT2D eigenvalue weighted by molar-refractivity contribution is -0.119. The normalized spacial score (nSPS) is 11.8. The summed E-state index contributed by atoms with van der Waals surface area (Å²) < 4.78 is 25.3. The maximum Gasteiger partial charge on any atom is 0.287 e. The number of hydrogen-bond donors (Lipinski definition) is 2. The van der Waals surface area contributed by atoms with Crippen LogP contribution in [0.4, 0.5) is 8.78 Å². The number of rotatable bonds is 5. The Kier molecular flexibility index (Phi) is 5.72. The number of hydrogen-bond acceptors (Lipinski definition) is 2. The first-order valence-corrected chi connectivity index (χ1v) is 6.00. The highest BCUT2D eigenvalue weighted by atomic mass is 35.5. The Morgan fingerprint density at radius 2 is 2.11 bits per heavy atom. The number of aliphatic hydroxyl groups excluding tert-OH is 1. The summed E-state index contributed by atoms with van der Waals surface area (Å²) in [7, 11) is 0. The van der Waals surface area contributed by atoms with E-state index in [9.17, 15) is 13.6 Å². The maximum absolute atomic E-state index is 12.7. The lowest BCUT2D eigenvalue weighted by Gasteiger charge is -2.12. The first-order valence-electron chi connectivity index (χ1n) is 5.24. The van der Waals surface area contributed by atoms with E-state index in [-0.39, 0.29) is 5.02 Å². The van der Waals surface area contributed by atoms with Crippen molar-refractivity contribution in [1.29, 1.82) is 0 Å². The Hall–Kier alpha value is -1.17. The molecule has 1 rings (SSSR count). The van der Waals surface area contributed by atoms with Crippen LogP contribution in [0, 0.1) is 0 Å². The fraction of sp³-hybridized carbons (Fsp3) is 0.250. The van der Waals surface area contributed by atoms with Gasteiger partial charge in [0.2, 0.25) is 5.91 Å². The summed E-state index contributed by atoms with van der Waals surface area (Å²) in [6.45, 7) is -2.26. The van der Waals surface area contributed by atoms with E-state index >= 15 is 0 Å². The molecule has 1 aromatic carbocycles. The second-order valence-corrected chi connectivity index (χ2v) is 4.49. The molecule has 0 spiro atoms. The van der Waals surface area contributed by atoms with Crippen molar-refractivity contribution in [2.24, 2.45) is 0 Å². The summed E-state index contributed by atoms with van der Waals surface area (Å²) in [4.78, 5) is 11.3. The van der Waals surface area contributed by atoms with Gasteiger partial charge in [0, 0.05) is 6.08 Å². The van der Waals surface area contributed by atoms with Crippen molar-refractivity contribution in [3.63, 3.8) is 0 Å². The molecule has 2 N–H and O–H groups in total. The van der Waals surface area contributed by atoms with Crippen molar-refractivity contribution in [3.8, 4) is 0 Å². The van der Waals surface area contributed by atoms with Crippen molar-refractivity contribution < 1.29 is 18.7 Å². The van der Waals surface area contributed by atoms with E-state index in [2.05, 4.69) is 0 Å². The van der Waals surface area contributed by atoms with Crippen LogP contribution < -0.4 is 5.32 Å². The predicted octanol–water partition coefficient (Wildman–Crippen LogP) is 2.75. The zero-order valence-corrected chi connectivity index (χ0v) is 11.2. The molecular weight excluding hydrogens is 299 g/mol. The van der Waals surface area contributed by atoms with E-state index in [1.807, 2.05) is 5.32 Å². The molecule has 0 unspecified atom stereocenters. The lowest BCUT2D eigenvalue weighted by atomic mass is 10.2. The Morgan fingerprint density at radius 1 is 1.42 bits per heavy atom. The number of aliphatic hydroxyl groups is 1. The van der Waals surface area contributed by atoms with Crippen molar-refractivity contribution in [1.82, 2.24) is 5.32 Å².